The molecule has 1 N–H and O–H groups in total. The van der Waals surface area contributed by atoms with Crippen LogP contribution in [0.25, 0.3) is 0 Å². The zero-order chi connectivity index (χ0) is 12.7. The van der Waals surface area contributed by atoms with Crippen molar-refractivity contribution in [1.29, 1.82) is 0 Å². The van der Waals surface area contributed by atoms with Crippen molar-refractivity contribution in [2.45, 2.75) is 11.2 Å². The monoisotopic (exact) mass is 276 g/mol. The van der Waals surface area contributed by atoms with E-state index >= 15 is 0 Å². The molecule has 0 amide bonds. The lowest BCUT2D eigenvalue weighted by Gasteiger charge is -2.15. The second-order valence-corrected chi connectivity index (χ2v) is 7.94. The Morgan fingerprint density at radius 2 is 1.71 bits per heavy atom. The highest BCUT2D eigenvalue weighted by molar-refractivity contribution is 7.94. The molecule has 2 unspecified atom stereocenters. The quantitative estimate of drug-likeness (QED) is 0.792. The molecule has 1 heterocycles. The van der Waals surface area contributed by atoms with Gasteiger partial charge in [-0.3, -0.25) is 4.55 Å². The van der Waals surface area contributed by atoms with Crippen molar-refractivity contribution in [3.63, 3.8) is 0 Å². The standard InChI is InChI=1S/C10H12O5S2/c11-16(12)6-9(8-4-2-1-3-5-8)10(7-16)17(13,14)15/h1-5,9-10H,6-7H2,(H,13,14,15). The fourth-order valence-corrected chi connectivity index (χ4v) is 6.06. The Hall–Kier alpha value is -0.920. The minimum absolute atomic E-state index is 0.235. The molecule has 94 valence electrons. The first-order chi connectivity index (χ1) is 7.80. The van der Waals surface area contributed by atoms with E-state index in [2.05, 4.69) is 0 Å². The SMILES string of the molecule is O=S1(=O)CC(c2ccccc2)C(S(=O)(=O)O)C1. The minimum atomic E-state index is -4.35. The molecular weight excluding hydrogens is 264 g/mol. The minimum Gasteiger partial charge on any atom is -0.285 e. The number of hydrogen-bond donors (Lipinski definition) is 1. The highest BCUT2D eigenvalue weighted by Crippen LogP contribution is 2.33. The van der Waals surface area contributed by atoms with Crippen molar-refractivity contribution < 1.29 is 21.4 Å². The zero-order valence-corrected chi connectivity index (χ0v) is 10.5. The van der Waals surface area contributed by atoms with Gasteiger partial charge in [-0.2, -0.15) is 8.42 Å². The van der Waals surface area contributed by atoms with E-state index in [1.165, 1.54) is 0 Å². The molecule has 0 aromatic heterocycles. The number of sulfone groups is 1. The van der Waals surface area contributed by atoms with Crippen LogP contribution in [0.3, 0.4) is 0 Å². The topological polar surface area (TPSA) is 88.5 Å². The highest BCUT2D eigenvalue weighted by Gasteiger charge is 2.45. The maximum absolute atomic E-state index is 11.5. The summed E-state index contributed by atoms with van der Waals surface area (Å²) in [4.78, 5) is 0. The van der Waals surface area contributed by atoms with Crippen LogP contribution in [-0.2, 0) is 20.0 Å². The van der Waals surface area contributed by atoms with E-state index in [1.54, 1.807) is 30.3 Å². The molecule has 1 aromatic rings. The van der Waals surface area contributed by atoms with Crippen molar-refractivity contribution >= 4 is 20.0 Å². The van der Waals surface area contributed by atoms with Crippen molar-refractivity contribution in [2.24, 2.45) is 0 Å². The third-order valence-corrected chi connectivity index (χ3v) is 6.12. The molecule has 0 radical (unpaired) electrons. The Labute approximate surface area is 100 Å². The third kappa shape index (κ3) is 2.67. The first-order valence-electron chi connectivity index (χ1n) is 5.01. The van der Waals surface area contributed by atoms with E-state index in [0.29, 0.717) is 5.56 Å². The van der Waals surface area contributed by atoms with E-state index in [9.17, 15) is 16.8 Å². The van der Waals surface area contributed by atoms with Gasteiger partial charge in [0.15, 0.2) is 9.84 Å². The summed E-state index contributed by atoms with van der Waals surface area (Å²) in [7, 11) is -7.77. The largest absolute Gasteiger partial charge is 0.285 e. The van der Waals surface area contributed by atoms with Crippen LogP contribution in [-0.4, -0.2) is 38.1 Å². The van der Waals surface area contributed by atoms with Crippen LogP contribution in [0.15, 0.2) is 30.3 Å². The zero-order valence-electron chi connectivity index (χ0n) is 8.85. The lowest BCUT2D eigenvalue weighted by atomic mass is 9.98. The van der Waals surface area contributed by atoms with Gasteiger partial charge < -0.3 is 0 Å². The van der Waals surface area contributed by atoms with Gasteiger partial charge in [-0.25, -0.2) is 8.42 Å². The molecule has 1 saturated heterocycles. The van der Waals surface area contributed by atoms with Gasteiger partial charge in [0.05, 0.1) is 11.5 Å². The summed E-state index contributed by atoms with van der Waals surface area (Å²) < 4.78 is 54.5. The Morgan fingerprint density at radius 3 is 2.24 bits per heavy atom. The van der Waals surface area contributed by atoms with Crippen LogP contribution in [0.5, 0.6) is 0 Å². The van der Waals surface area contributed by atoms with Crippen LogP contribution in [0.1, 0.15) is 11.5 Å². The molecule has 1 aliphatic rings. The molecule has 7 heteroatoms. The molecule has 1 aromatic carbocycles. The Morgan fingerprint density at radius 1 is 1.12 bits per heavy atom. The smallest absolute Gasteiger partial charge is 0.269 e. The molecular formula is C10H12O5S2. The van der Waals surface area contributed by atoms with Crippen molar-refractivity contribution in [3.8, 4) is 0 Å². The van der Waals surface area contributed by atoms with Crippen molar-refractivity contribution in [3.05, 3.63) is 35.9 Å². The first-order valence-corrected chi connectivity index (χ1v) is 8.34. The van der Waals surface area contributed by atoms with Crippen molar-refractivity contribution in [2.75, 3.05) is 11.5 Å². The molecule has 0 bridgehead atoms. The first kappa shape index (κ1) is 12.5. The summed E-state index contributed by atoms with van der Waals surface area (Å²) in [5.41, 5.74) is 0.621. The van der Waals surface area contributed by atoms with Gasteiger partial charge in [0.25, 0.3) is 10.1 Å². The Kier molecular flexibility index (Phi) is 3.01. The van der Waals surface area contributed by atoms with E-state index in [-0.39, 0.29) is 5.75 Å². The summed E-state index contributed by atoms with van der Waals surface area (Å²) >= 11 is 0. The Balaban J connectivity index is 2.46. The van der Waals surface area contributed by atoms with Gasteiger partial charge in [-0.15, -0.1) is 0 Å². The molecule has 2 atom stereocenters. The van der Waals surface area contributed by atoms with Gasteiger partial charge in [0.2, 0.25) is 0 Å². The second-order valence-electron chi connectivity index (χ2n) is 4.15. The number of rotatable bonds is 2. The molecule has 5 nitrogen and oxygen atoms in total. The average Bonchev–Trinajstić information content (AvgIpc) is 2.56. The molecule has 0 spiro atoms. The van der Waals surface area contributed by atoms with Crippen LogP contribution >= 0.6 is 0 Å². The van der Waals surface area contributed by atoms with E-state index < -0.39 is 36.9 Å². The summed E-state index contributed by atoms with van der Waals surface area (Å²) in [5.74, 6) is -1.43. The maximum Gasteiger partial charge on any atom is 0.269 e. The summed E-state index contributed by atoms with van der Waals surface area (Å²) in [6.07, 6.45) is 0. The lowest BCUT2D eigenvalue weighted by molar-refractivity contribution is 0.465. The predicted molar refractivity (Wildman–Crippen MR) is 63.2 cm³/mol. The van der Waals surface area contributed by atoms with Crippen LogP contribution in [0.2, 0.25) is 0 Å². The van der Waals surface area contributed by atoms with Crippen LogP contribution in [0.4, 0.5) is 0 Å². The third-order valence-electron chi connectivity index (χ3n) is 2.91. The maximum atomic E-state index is 11.5. The highest BCUT2D eigenvalue weighted by atomic mass is 32.2. The van der Waals surface area contributed by atoms with Gasteiger partial charge >= 0.3 is 0 Å². The van der Waals surface area contributed by atoms with Crippen LogP contribution < -0.4 is 0 Å². The summed E-state index contributed by atoms with van der Waals surface area (Å²) in [5, 5.41) is -1.25. The van der Waals surface area contributed by atoms with Crippen molar-refractivity contribution in [1.82, 2.24) is 0 Å². The molecule has 1 aliphatic heterocycles. The molecule has 2 rings (SSSR count). The fraction of sp³-hybridized carbons (Fsp3) is 0.400. The van der Waals surface area contributed by atoms with Gasteiger partial charge in [0, 0.05) is 5.92 Å². The van der Waals surface area contributed by atoms with Crippen LogP contribution in [0, 0.1) is 0 Å². The average molecular weight is 276 g/mol. The summed E-state index contributed by atoms with van der Waals surface area (Å²) in [6, 6.07) is 8.52. The Bertz CT molecular complexity index is 603. The second kappa shape index (κ2) is 4.08. The number of hydrogen-bond acceptors (Lipinski definition) is 4. The lowest BCUT2D eigenvalue weighted by Crippen LogP contribution is -2.27. The number of benzene rings is 1. The predicted octanol–water partition coefficient (Wildman–Crippen LogP) is 0.455. The molecule has 0 aliphatic carbocycles. The normalized spacial score (nSPS) is 28.1. The van der Waals surface area contributed by atoms with E-state index in [4.69, 9.17) is 4.55 Å². The molecule has 1 fully saturated rings. The molecule has 0 saturated carbocycles. The molecule has 17 heavy (non-hydrogen) atoms. The van der Waals surface area contributed by atoms with E-state index in [1.807, 2.05) is 0 Å². The fourth-order valence-electron chi connectivity index (χ4n) is 2.12. The van der Waals surface area contributed by atoms with Gasteiger partial charge in [-0.05, 0) is 5.56 Å². The summed E-state index contributed by atoms with van der Waals surface area (Å²) in [6.45, 7) is 0. The van der Waals surface area contributed by atoms with Gasteiger partial charge in [-0.1, -0.05) is 30.3 Å². The van der Waals surface area contributed by atoms with E-state index in [0.717, 1.165) is 0 Å². The van der Waals surface area contributed by atoms with Gasteiger partial charge in [0.1, 0.15) is 5.25 Å².